The van der Waals surface area contributed by atoms with Gasteiger partial charge >= 0.3 is 5.97 Å². The van der Waals surface area contributed by atoms with Crippen molar-refractivity contribution in [2.75, 3.05) is 0 Å². The normalized spacial score (nSPS) is 11.8. The van der Waals surface area contributed by atoms with Gasteiger partial charge in [0.15, 0.2) is 0 Å². The van der Waals surface area contributed by atoms with Gasteiger partial charge in [0.2, 0.25) is 0 Å². The van der Waals surface area contributed by atoms with E-state index in [0.717, 1.165) is 29.7 Å². The van der Waals surface area contributed by atoms with Crippen LogP contribution in [0.1, 0.15) is 127 Å². The summed E-state index contributed by atoms with van der Waals surface area (Å²) in [6.45, 7) is 4.75. The van der Waals surface area contributed by atoms with Crippen molar-refractivity contribution in [2.45, 2.75) is 123 Å². The molecule has 0 amide bonds. The Balaban J connectivity index is 1.46. The van der Waals surface area contributed by atoms with Gasteiger partial charge in [-0.15, -0.1) is 0 Å². The Hall–Kier alpha value is -2.29. The van der Waals surface area contributed by atoms with Gasteiger partial charge in [-0.05, 0) is 36.6 Å². The number of carbonyl (C=O) groups is 1. The zero-order valence-corrected chi connectivity index (χ0v) is 22.3. The minimum Gasteiger partial charge on any atom is -0.489 e. The van der Waals surface area contributed by atoms with E-state index < -0.39 is 0 Å². The van der Waals surface area contributed by atoms with Gasteiger partial charge in [-0.1, -0.05) is 133 Å². The summed E-state index contributed by atoms with van der Waals surface area (Å²) in [5.74, 6) is 0.722. The van der Waals surface area contributed by atoms with Gasteiger partial charge in [0.05, 0.1) is 0 Å². The average Bonchev–Trinajstić information content (AvgIpc) is 2.88. The molecule has 1 unspecified atom stereocenters. The number of carbonyl (C=O) groups excluding carboxylic acids is 1. The van der Waals surface area contributed by atoms with Crippen molar-refractivity contribution >= 4 is 5.97 Å². The maximum absolute atomic E-state index is 12.2. The lowest BCUT2D eigenvalue weighted by Gasteiger charge is -2.14. The predicted molar refractivity (Wildman–Crippen MR) is 147 cm³/mol. The summed E-state index contributed by atoms with van der Waals surface area (Å²) in [6.07, 6.45) is 18.7. The molecule has 0 bridgehead atoms. The summed E-state index contributed by atoms with van der Waals surface area (Å²) in [7, 11) is 0. The third-order valence-corrected chi connectivity index (χ3v) is 6.64. The summed E-state index contributed by atoms with van der Waals surface area (Å²) < 4.78 is 11.5. The lowest BCUT2D eigenvalue weighted by atomic mass is 10.0. The molecule has 0 aliphatic rings. The lowest BCUT2D eigenvalue weighted by Crippen LogP contribution is -2.08. The van der Waals surface area contributed by atoms with E-state index in [2.05, 4.69) is 6.92 Å². The van der Waals surface area contributed by atoms with Crippen LogP contribution in [-0.2, 0) is 16.1 Å². The Labute approximate surface area is 214 Å². The first-order valence-corrected chi connectivity index (χ1v) is 14.1. The number of benzene rings is 2. The molecule has 0 saturated heterocycles. The monoisotopic (exact) mass is 480 g/mol. The maximum Gasteiger partial charge on any atom is 0.306 e. The summed E-state index contributed by atoms with van der Waals surface area (Å²) >= 11 is 0. The first-order chi connectivity index (χ1) is 17.2. The first kappa shape index (κ1) is 28.9. The fourth-order valence-electron chi connectivity index (χ4n) is 4.36. The Kier molecular flexibility index (Phi) is 15.7. The number of rotatable bonds is 20. The van der Waals surface area contributed by atoms with Crippen molar-refractivity contribution in [1.29, 1.82) is 0 Å². The molecule has 0 aliphatic heterocycles. The highest BCUT2D eigenvalue weighted by molar-refractivity contribution is 5.69. The van der Waals surface area contributed by atoms with Crippen LogP contribution < -0.4 is 4.74 Å². The van der Waals surface area contributed by atoms with Crippen LogP contribution in [0.15, 0.2) is 54.6 Å². The van der Waals surface area contributed by atoms with Gasteiger partial charge in [-0.2, -0.15) is 0 Å². The van der Waals surface area contributed by atoms with E-state index in [9.17, 15) is 4.79 Å². The van der Waals surface area contributed by atoms with E-state index >= 15 is 0 Å². The molecule has 2 rings (SSSR count). The smallest absolute Gasteiger partial charge is 0.306 e. The highest BCUT2D eigenvalue weighted by atomic mass is 16.5. The molecular formula is C32H48O3. The first-order valence-electron chi connectivity index (χ1n) is 14.1. The Morgan fingerprint density at radius 2 is 1.20 bits per heavy atom. The second-order valence-corrected chi connectivity index (χ2v) is 9.82. The zero-order chi connectivity index (χ0) is 25.0. The topological polar surface area (TPSA) is 35.5 Å². The van der Waals surface area contributed by atoms with Gasteiger partial charge in [-0.25, -0.2) is 0 Å². The van der Waals surface area contributed by atoms with Crippen LogP contribution >= 0.6 is 0 Å². The van der Waals surface area contributed by atoms with Crippen LogP contribution in [0.5, 0.6) is 5.75 Å². The largest absolute Gasteiger partial charge is 0.489 e. The van der Waals surface area contributed by atoms with E-state index in [-0.39, 0.29) is 12.1 Å². The number of esters is 1. The molecular weight excluding hydrogens is 432 g/mol. The fourth-order valence-corrected chi connectivity index (χ4v) is 4.36. The standard InChI is InChI=1S/C32H48O3/c1-3-4-5-6-7-8-9-10-11-12-13-14-15-19-22-32(33)35-28(2)30-23-25-31(26-24-30)34-27-29-20-17-16-18-21-29/h16-18,20-21,23-26,28H,3-15,19,22,27H2,1-2H3. The third-order valence-electron chi connectivity index (χ3n) is 6.64. The van der Waals surface area contributed by atoms with Gasteiger partial charge in [0, 0.05) is 6.42 Å². The van der Waals surface area contributed by atoms with Gasteiger partial charge in [-0.3, -0.25) is 4.79 Å². The van der Waals surface area contributed by atoms with Gasteiger partial charge in [0.1, 0.15) is 18.5 Å². The van der Waals surface area contributed by atoms with Crippen LogP contribution in [0.2, 0.25) is 0 Å². The summed E-state index contributed by atoms with van der Waals surface area (Å²) in [5, 5.41) is 0. The average molecular weight is 481 g/mol. The van der Waals surface area contributed by atoms with Crippen LogP contribution in [-0.4, -0.2) is 5.97 Å². The van der Waals surface area contributed by atoms with Crippen molar-refractivity contribution in [3.63, 3.8) is 0 Å². The minimum absolute atomic E-state index is 0.0964. The quantitative estimate of drug-likeness (QED) is 0.140. The molecule has 2 aromatic carbocycles. The molecule has 0 fully saturated rings. The fraction of sp³-hybridized carbons (Fsp3) is 0.594. The van der Waals surface area contributed by atoms with Crippen molar-refractivity contribution in [1.82, 2.24) is 0 Å². The molecule has 0 N–H and O–H groups in total. The van der Waals surface area contributed by atoms with Crippen molar-refractivity contribution in [3.05, 3.63) is 65.7 Å². The van der Waals surface area contributed by atoms with E-state index in [0.29, 0.717) is 13.0 Å². The van der Waals surface area contributed by atoms with E-state index in [1.807, 2.05) is 61.5 Å². The number of hydrogen-bond acceptors (Lipinski definition) is 3. The van der Waals surface area contributed by atoms with Gasteiger partial charge in [0.25, 0.3) is 0 Å². The van der Waals surface area contributed by atoms with E-state index in [4.69, 9.17) is 9.47 Å². The molecule has 2 aromatic rings. The van der Waals surface area contributed by atoms with Crippen molar-refractivity contribution in [3.8, 4) is 5.75 Å². The highest BCUT2D eigenvalue weighted by Crippen LogP contribution is 2.22. The molecule has 0 saturated carbocycles. The molecule has 35 heavy (non-hydrogen) atoms. The van der Waals surface area contributed by atoms with Crippen molar-refractivity contribution in [2.24, 2.45) is 0 Å². The molecule has 194 valence electrons. The highest BCUT2D eigenvalue weighted by Gasteiger charge is 2.11. The number of ether oxygens (including phenoxy) is 2. The SMILES string of the molecule is CCCCCCCCCCCCCCCCC(=O)OC(C)c1ccc(OCc2ccccc2)cc1. The Morgan fingerprint density at radius 3 is 1.74 bits per heavy atom. The Bertz CT molecular complexity index is 769. The predicted octanol–water partition coefficient (Wildman–Crippen LogP) is 9.74. The summed E-state index contributed by atoms with van der Waals surface area (Å²) in [4.78, 5) is 12.2. The van der Waals surface area contributed by atoms with E-state index in [1.165, 1.54) is 77.0 Å². The van der Waals surface area contributed by atoms with Crippen LogP contribution in [0.4, 0.5) is 0 Å². The van der Waals surface area contributed by atoms with E-state index in [1.54, 1.807) is 0 Å². The second-order valence-electron chi connectivity index (χ2n) is 9.82. The molecule has 0 heterocycles. The molecule has 0 radical (unpaired) electrons. The Morgan fingerprint density at radius 1 is 0.686 bits per heavy atom. The van der Waals surface area contributed by atoms with Gasteiger partial charge < -0.3 is 9.47 Å². The molecule has 3 heteroatoms. The molecule has 0 spiro atoms. The number of unbranched alkanes of at least 4 members (excludes halogenated alkanes) is 13. The molecule has 0 aliphatic carbocycles. The van der Waals surface area contributed by atoms with Crippen LogP contribution in [0.25, 0.3) is 0 Å². The zero-order valence-electron chi connectivity index (χ0n) is 22.3. The second kappa shape index (κ2) is 19.0. The van der Waals surface area contributed by atoms with Crippen molar-refractivity contribution < 1.29 is 14.3 Å². The maximum atomic E-state index is 12.2. The van der Waals surface area contributed by atoms with Crippen LogP contribution in [0, 0.1) is 0 Å². The number of hydrogen-bond donors (Lipinski definition) is 0. The minimum atomic E-state index is -0.239. The van der Waals surface area contributed by atoms with Crippen LogP contribution in [0.3, 0.4) is 0 Å². The summed E-state index contributed by atoms with van der Waals surface area (Å²) in [6, 6.07) is 18.0. The lowest BCUT2D eigenvalue weighted by molar-refractivity contribution is -0.148. The third kappa shape index (κ3) is 14.0. The molecule has 0 aromatic heterocycles. The summed E-state index contributed by atoms with van der Waals surface area (Å²) in [5.41, 5.74) is 2.13. The molecule has 1 atom stereocenters. The molecule has 3 nitrogen and oxygen atoms in total.